The molecule has 0 aliphatic rings. The van der Waals surface area contributed by atoms with Crippen LogP contribution in [0.1, 0.15) is 29.0 Å². The second-order valence-electron chi connectivity index (χ2n) is 5.19. The zero-order valence-corrected chi connectivity index (χ0v) is 12.3. The molecular weight excluding hydrogens is 297 g/mol. The molecule has 3 aromatic rings. The van der Waals surface area contributed by atoms with Crippen LogP contribution >= 0.6 is 0 Å². The third-order valence-corrected chi connectivity index (χ3v) is 3.63. The maximum absolute atomic E-state index is 13.0. The SMILES string of the molecule is C[C@H](NC(=O)c1n[nH]c(=O)c2ccccc12)c1ccc(F)cc1. The summed E-state index contributed by atoms with van der Waals surface area (Å²) < 4.78 is 13.0. The van der Waals surface area contributed by atoms with Gasteiger partial charge in [0.15, 0.2) is 5.69 Å². The smallest absolute Gasteiger partial charge is 0.272 e. The molecule has 6 heteroatoms. The Balaban J connectivity index is 1.91. The molecule has 1 aromatic heterocycles. The van der Waals surface area contributed by atoms with Gasteiger partial charge in [-0.3, -0.25) is 9.59 Å². The second kappa shape index (κ2) is 6.00. The number of halogens is 1. The number of fused-ring (bicyclic) bond motifs is 1. The highest BCUT2D eigenvalue weighted by atomic mass is 19.1. The summed E-state index contributed by atoms with van der Waals surface area (Å²) in [5.74, 6) is -0.741. The predicted octanol–water partition coefficient (Wildman–Crippen LogP) is 2.55. The van der Waals surface area contributed by atoms with Gasteiger partial charge in [-0.05, 0) is 30.7 Å². The fourth-order valence-electron chi connectivity index (χ4n) is 2.39. The Kier molecular flexibility index (Phi) is 3.89. The molecule has 0 unspecified atom stereocenters. The Hall–Kier alpha value is -3.02. The average molecular weight is 311 g/mol. The van der Waals surface area contributed by atoms with E-state index >= 15 is 0 Å². The fourth-order valence-corrected chi connectivity index (χ4v) is 2.39. The van der Waals surface area contributed by atoms with E-state index in [0.29, 0.717) is 10.8 Å². The lowest BCUT2D eigenvalue weighted by molar-refractivity contribution is 0.0935. The standard InChI is InChI=1S/C17H14FN3O2/c1-10(11-6-8-12(18)9-7-11)19-17(23)15-13-4-2-3-5-14(13)16(22)21-20-15/h2-10H,1H3,(H,19,23)(H,21,22)/t10-/m0/s1. The number of aromatic amines is 1. The van der Waals surface area contributed by atoms with Crippen molar-refractivity contribution in [3.8, 4) is 0 Å². The molecule has 116 valence electrons. The topological polar surface area (TPSA) is 74.8 Å². The monoisotopic (exact) mass is 311 g/mol. The molecular formula is C17H14FN3O2. The van der Waals surface area contributed by atoms with Crippen molar-refractivity contribution in [2.24, 2.45) is 0 Å². The molecule has 5 nitrogen and oxygen atoms in total. The normalized spacial score (nSPS) is 12.1. The molecule has 1 amide bonds. The van der Waals surface area contributed by atoms with Gasteiger partial charge >= 0.3 is 0 Å². The van der Waals surface area contributed by atoms with E-state index in [9.17, 15) is 14.0 Å². The predicted molar refractivity (Wildman–Crippen MR) is 84.6 cm³/mol. The third-order valence-electron chi connectivity index (χ3n) is 3.63. The van der Waals surface area contributed by atoms with Crippen LogP contribution < -0.4 is 10.9 Å². The summed E-state index contributed by atoms with van der Waals surface area (Å²) >= 11 is 0. The van der Waals surface area contributed by atoms with Gasteiger partial charge in [0, 0.05) is 5.39 Å². The number of carbonyl (C=O) groups excluding carboxylic acids is 1. The minimum absolute atomic E-state index is 0.147. The van der Waals surface area contributed by atoms with Crippen molar-refractivity contribution < 1.29 is 9.18 Å². The van der Waals surface area contributed by atoms with Gasteiger partial charge in [-0.1, -0.05) is 30.3 Å². The van der Waals surface area contributed by atoms with Gasteiger partial charge in [0.1, 0.15) is 5.82 Å². The number of H-pyrrole nitrogens is 1. The summed E-state index contributed by atoms with van der Waals surface area (Å²) in [5.41, 5.74) is 0.575. The van der Waals surface area contributed by atoms with Gasteiger partial charge in [0.2, 0.25) is 0 Å². The summed E-state index contributed by atoms with van der Waals surface area (Å²) in [6.07, 6.45) is 0. The summed E-state index contributed by atoms with van der Waals surface area (Å²) in [4.78, 5) is 24.2. The molecule has 1 heterocycles. The minimum Gasteiger partial charge on any atom is -0.344 e. The molecule has 0 saturated carbocycles. The number of rotatable bonds is 3. The molecule has 0 aliphatic carbocycles. The Morgan fingerprint density at radius 3 is 2.48 bits per heavy atom. The van der Waals surface area contributed by atoms with Crippen LogP contribution in [0.15, 0.2) is 53.3 Å². The van der Waals surface area contributed by atoms with Crippen LogP contribution in [0, 0.1) is 5.82 Å². The van der Waals surface area contributed by atoms with Crippen LogP contribution in [-0.4, -0.2) is 16.1 Å². The van der Waals surface area contributed by atoms with E-state index < -0.39 is 5.91 Å². The molecule has 0 radical (unpaired) electrons. The van der Waals surface area contributed by atoms with Crippen molar-refractivity contribution >= 4 is 16.7 Å². The number of aromatic nitrogens is 2. The van der Waals surface area contributed by atoms with E-state index in [2.05, 4.69) is 15.5 Å². The number of nitrogens with zero attached hydrogens (tertiary/aromatic N) is 1. The van der Waals surface area contributed by atoms with E-state index in [4.69, 9.17) is 0 Å². The molecule has 0 saturated heterocycles. The van der Waals surface area contributed by atoms with E-state index in [-0.39, 0.29) is 23.1 Å². The summed E-state index contributed by atoms with van der Waals surface area (Å²) in [6, 6.07) is 12.3. The summed E-state index contributed by atoms with van der Waals surface area (Å²) in [6.45, 7) is 1.79. The van der Waals surface area contributed by atoms with Crippen LogP contribution in [-0.2, 0) is 0 Å². The number of amides is 1. The van der Waals surface area contributed by atoms with Crippen molar-refractivity contribution in [1.82, 2.24) is 15.5 Å². The summed E-state index contributed by atoms with van der Waals surface area (Å²) in [5, 5.41) is 9.87. The van der Waals surface area contributed by atoms with Crippen LogP contribution in [0.2, 0.25) is 0 Å². The lowest BCUT2D eigenvalue weighted by Gasteiger charge is -2.14. The van der Waals surface area contributed by atoms with Crippen molar-refractivity contribution in [3.05, 3.63) is 76.0 Å². The molecule has 0 spiro atoms. The number of nitrogens with one attached hydrogen (secondary N) is 2. The number of benzene rings is 2. The molecule has 0 fully saturated rings. The summed E-state index contributed by atoms with van der Waals surface area (Å²) in [7, 11) is 0. The Bertz CT molecular complexity index is 919. The first-order valence-electron chi connectivity index (χ1n) is 7.10. The van der Waals surface area contributed by atoms with Gasteiger partial charge in [0.05, 0.1) is 11.4 Å². The van der Waals surface area contributed by atoms with Crippen molar-refractivity contribution in [3.63, 3.8) is 0 Å². The third kappa shape index (κ3) is 2.96. The fraction of sp³-hybridized carbons (Fsp3) is 0.118. The van der Waals surface area contributed by atoms with Gasteiger partial charge in [-0.2, -0.15) is 5.10 Å². The van der Waals surface area contributed by atoms with Gasteiger partial charge < -0.3 is 5.32 Å². The molecule has 0 bridgehead atoms. The Morgan fingerprint density at radius 2 is 1.78 bits per heavy atom. The van der Waals surface area contributed by atoms with E-state index in [1.807, 2.05) is 0 Å². The zero-order valence-electron chi connectivity index (χ0n) is 12.3. The van der Waals surface area contributed by atoms with E-state index in [1.165, 1.54) is 12.1 Å². The van der Waals surface area contributed by atoms with E-state index in [1.54, 1.807) is 43.3 Å². The molecule has 2 aromatic carbocycles. The zero-order chi connectivity index (χ0) is 16.4. The van der Waals surface area contributed by atoms with Gasteiger partial charge in [0.25, 0.3) is 11.5 Å². The Labute approximate surface area is 131 Å². The Morgan fingerprint density at radius 1 is 1.13 bits per heavy atom. The van der Waals surface area contributed by atoms with E-state index in [0.717, 1.165) is 5.56 Å². The molecule has 2 N–H and O–H groups in total. The van der Waals surface area contributed by atoms with Crippen LogP contribution in [0.5, 0.6) is 0 Å². The quantitative estimate of drug-likeness (QED) is 0.780. The minimum atomic E-state index is -0.408. The first kappa shape index (κ1) is 14.9. The van der Waals surface area contributed by atoms with Crippen molar-refractivity contribution in [2.45, 2.75) is 13.0 Å². The lowest BCUT2D eigenvalue weighted by atomic mass is 10.1. The maximum Gasteiger partial charge on any atom is 0.272 e. The van der Waals surface area contributed by atoms with Crippen LogP contribution in [0.25, 0.3) is 10.8 Å². The number of hydrogen-bond acceptors (Lipinski definition) is 3. The highest BCUT2D eigenvalue weighted by Gasteiger charge is 2.16. The van der Waals surface area contributed by atoms with Gasteiger partial charge in [-0.25, -0.2) is 9.49 Å². The van der Waals surface area contributed by atoms with Crippen LogP contribution in [0.3, 0.4) is 0 Å². The lowest BCUT2D eigenvalue weighted by Crippen LogP contribution is -2.29. The first-order valence-corrected chi connectivity index (χ1v) is 7.10. The molecule has 1 atom stereocenters. The number of hydrogen-bond donors (Lipinski definition) is 2. The highest BCUT2D eigenvalue weighted by Crippen LogP contribution is 2.16. The maximum atomic E-state index is 13.0. The molecule has 3 rings (SSSR count). The largest absolute Gasteiger partial charge is 0.344 e. The average Bonchev–Trinajstić information content (AvgIpc) is 2.56. The number of carbonyl (C=O) groups is 1. The first-order chi connectivity index (χ1) is 11.1. The molecule has 0 aliphatic heterocycles. The van der Waals surface area contributed by atoms with Crippen LogP contribution in [0.4, 0.5) is 4.39 Å². The highest BCUT2D eigenvalue weighted by molar-refractivity contribution is 6.04. The molecule has 23 heavy (non-hydrogen) atoms. The van der Waals surface area contributed by atoms with Gasteiger partial charge in [-0.15, -0.1) is 0 Å². The van der Waals surface area contributed by atoms with Crippen molar-refractivity contribution in [2.75, 3.05) is 0 Å². The second-order valence-corrected chi connectivity index (χ2v) is 5.19. The van der Waals surface area contributed by atoms with Crippen molar-refractivity contribution in [1.29, 1.82) is 0 Å².